The van der Waals surface area contributed by atoms with Gasteiger partial charge in [-0.15, -0.1) is 0 Å². The first-order valence-corrected chi connectivity index (χ1v) is 10.2. The Kier molecular flexibility index (Phi) is 5.87. The van der Waals surface area contributed by atoms with Crippen LogP contribution >= 0.6 is 0 Å². The van der Waals surface area contributed by atoms with Crippen LogP contribution in [0.1, 0.15) is 23.7 Å². The van der Waals surface area contributed by atoms with Crippen molar-refractivity contribution in [1.82, 2.24) is 24.6 Å². The standard InChI is InChI=1S/C22H28N6O/c1-3-28-15-20(17(2)25-28)14-26-10-12-27(13-11-26)22-21(23-8-9-24-22)19-6-4-18(16-29)5-7-19/h4-9,15,29H,3,10-14,16H2,1-2H3. The molecule has 152 valence electrons. The molecule has 0 bridgehead atoms. The van der Waals surface area contributed by atoms with E-state index < -0.39 is 0 Å². The maximum Gasteiger partial charge on any atom is 0.155 e. The number of anilines is 1. The van der Waals surface area contributed by atoms with Gasteiger partial charge in [0.05, 0.1) is 12.3 Å². The summed E-state index contributed by atoms with van der Waals surface area (Å²) in [5, 5.41) is 13.8. The van der Waals surface area contributed by atoms with Gasteiger partial charge in [0.15, 0.2) is 5.82 Å². The first-order valence-electron chi connectivity index (χ1n) is 10.2. The van der Waals surface area contributed by atoms with E-state index in [9.17, 15) is 5.11 Å². The third-order valence-electron chi connectivity index (χ3n) is 5.53. The molecule has 7 heteroatoms. The molecule has 1 fully saturated rings. The molecule has 0 unspecified atom stereocenters. The van der Waals surface area contributed by atoms with Crippen LogP contribution in [0.3, 0.4) is 0 Å². The molecular weight excluding hydrogens is 364 g/mol. The van der Waals surface area contributed by atoms with Gasteiger partial charge >= 0.3 is 0 Å². The molecule has 4 rings (SSSR count). The minimum atomic E-state index is 0.0478. The Labute approximate surface area is 171 Å². The van der Waals surface area contributed by atoms with Gasteiger partial charge in [0.25, 0.3) is 0 Å². The lowest BCUT2D eigenvalue weighted by atomic mass is 10.1. The molecule has 3 heterocycles. The molecule has 29 heavy (non-hydrogen) atoms. The average molecular weight is 393 g/mol. The average Bonchev–Trinajstić information content (AvgIpc) is 3.14. The van der Waals surface area contributed by atoms with Crippen molar-refractivity contribution in [3.8, 4) is 11.3 Å². The van der Waals surface area contributed by atoms with E-state index in [2.05, 4.69) is 44.9 Å². The van der Waals surface area contributed by atoms with Gasteiger partial charge in [0, 0.05) is 69.0 Å². The molecular formula is C22H28N6O. The summed E-state index contributed by atoms with van der Waals surface area (Å²) in [6.07, 6.45) is 5.66. The fourth-order valence-corrected chi connectivity index (χ4v) is 3.77. The predicted molar refractivity (Wildman–Crippen MR) is 114 cm³/mol. The number of benzene rings is 1. The van der Waals surface area contributed by atoms with Crippen molar-refractivity contribution in [3.63, 3.8) is 0 Å². The highest BCUT2D eigenvalue weighted by atomic mass is 16.3. The molecule has 1 aliphatic heterocycles. The third kappa shape index (κ3) is 4.31. The van der Waals surface area contributed by atoms with Crippen molar-refractivity contribution in [2.75, 3.05) is 31.1 Å². The second kappa shape index (κ2) is 8.71. The minimum Gasteiger partial charge on any atom is -0.392 e. The lowest BCUT2D eigenvalue weighted by Crippen LogP contribution is -2.46. The van der Waals surface area contributed by atoms with E-state index in [0.717, 1.165) is 67.6 Å². The number of aliphatic hydroxyl groups is 1. The van der Waals surface area contributed by atoms with E-state index in [1.807, 2.05) is 28.9 Å². The van der Waals surface area contributed by atoms with Crippen LogP contribution < -0.4 is 4.90 Å². The van der Waals surface area contributed by atoms with Crippen LogP contribution in [0.15, 0.2) is 42.9 Å². The molecule has 0 atom stereocenters. The van der Waals surface area contributed by atoms with Crippen LogP contribution in [0.4, 0.5) is 5.82 Å². The highest BCUT2D eigenvalue weighted by Crippen LogP contribution is 2.28. The van der Waals surface area contributed by atoms with Gasteiger partial charge in [0.2, 0.25) is 0 Å². The monoisotopic (exact) mass is 392 g/mol. The zero-order valence-corrected chi connectivity index (χ0v) is 17.1. The summed E-state index contributed by atoms with van der Waals surface area (Å²) in [4.78, 5) is 14.0. The predicted octanol–water partition coefficient (Wildman–Crippen LogP) is 2.48. The van der Waals surface area contributed by atoms with Crippen molar-refractivity contribution >= 4 is 5.82 Å². The Morgan fingerprint density at radius 3 is 2.38 bits per heavy atom. The van der Waals surface area contributed by atoms with E-state index in [1.54, 1.807) is 12.4 Å². The summed E-state index contributed by atoms with van der Waals surface area (Å²) in [5.74, 6) is 0.930. The molecule has 3 aromatic rings. The maximum atomic E-state index is 9.27. The van der Waals surface area contributed by atoms with E-state index in [-0.39, 0.29) is 6.61 Å². The topological polar surface area (TPSA) is 70.3 Å². The van der Waals surface area contributed by atoms with Crippen molar-refractivity contribution < 1.29 is 5.11 Å². The van der Waals surface area contributed by atoms with Crippen LogP contribution in [-0.4, -0.2) is 55.9 Å². The van der Waals surface area contributed by atoms with Crippen molar-refractivity contribution in [2.24, 2.45) is 0 Å². The molecule has 2 aromatic heterocycles. The molecule has 0 spiro atoms. The Balaban J connectivity index is 1.45. The van der Waals surface area contributed by atoms with Gasteiger partial charge < -0.3 is 10.0 Å². The quantitative estimate of drug-likeness (QED) is 0.695. The molecule has 0 radical (unpaired) electrons. The number of nitrogens with zero attached hydrogens (tertiary/aromatic N) is 6. The molecule has 1 aromatic carbocycles. The first kappa shape index (κ1) is 19.5. The highest BCUT2D eigenvalue weighted by molar-refractivity contribution is 5.72. The van der Waals surface area contributed by atoms with Crippen molar-refractivity contribution in [3.05, 3.63) is 59.7 Å². The molecule has 1 aliphatic rings. The van der Waals surface area contributed by atoms with E-state index >= 15 is 0 Å². The van der Waals surface area contributed by atoms with Gasteiger partial charge in [-0.3, -0.25) is 14.6 Å². The zero-order chi connectivity index (χ0) is 20.2. The normalized spacial score (nSPS) is 15.1. The molecule has 1 N–H and O–H groups in total. The number of aromatic nitrogens is 4. The van der Waals surface area contributed by atoms with Crippen LogP contribution in [-0.2, 0) is 19.7 Å². The van der Waals surface area contributed by atoms with Gasteiger partial charge in [0.1, 0.15) is 5.69 Å². The number of aryl methyl sites for hydroxylation is 2. The van der Waals surface area contributed by atoms with Crippen LogP contribution in [0.5, 0.6) is 0 Å². The molecule has 7 nitrogen and oxygen atoms in total. The van der Waals surface area contributed by atoms with Crippen LogP contribution in [0, 0.1) is 6.92 Å². The second-order valence-electron chi connectivity index (χ2n) is 7.44. The van der Waals surface area contributed by atoms with E-state index in [1.165, 1.54) is 5.56 Å². The van der Waals surface area contributed by atoms with Crippen molar-refractivity contribution in [1.29, 1.82) is 0 Å². The molecule has 0 amide bonds. The summed E-state index contributed by atoms with van der Waals surface area (Å²) in [5.41, 5.74) is 5.25. The number of aliphatic hydroxyl groups excluding tert-OH is 1. The van der Waals surface area contributed by atoms with E-state index in [0.29, 0.717) is 0 Å². The zero-order valence-electron chi connectivity index (χ0n) is 17.1. The van der Waals surface area contributed by atoms with Crippen LogP contribution in [0.2, 0.25) is 0 Å². The number of rotatable bonds is 6. The van der Waals surface area contributed by atoms with Gasteiger partial charge in [-0.1, -0.05) is 24.3 Å². The molecule has 0 aliphatic carbocycles. The number of hydrogen-bond acceptors (Lipinski definition) is 6. The SMILES string of the molecule is CCn1cc(CN2CCN(c3nccnc3-c3ccc(CO)cc3)CC2)c(C)n1. The molecule has 1 saturated heterocycles. The summed E-state index contributed by atoms with van der Waals surface area (Å²) >= 11 is 0. The van der Waals surface area contributed by atoms with E-state index in [4.69, 9.17) is 0 Å². The smallest absolute Gasteiger partial charge is 0.155 e. The fourth-order valence-electron chi connectivity index (χ4n) is 3.77. The number of hydrogen-bond donors (Lipinski definition) is 1. The highest BCUT2D eigenvalue weighted by Gasteiger charge is 2.22. The Hall–Kier alpha value is -2.77. The molecule has 0 saturated carbocycles. The number of piperazine rings is 1. The Morgan fingerprint density at radius 1 is 1.00 bits per heavy atom. The van der Waals surface area contributed by atoms with Gasteiger partial charge in [-0.05, 0) is 19.4 Å². The van der Waals surface area contributed by atoms with Gasteiger partial charge in [-0.2, -0.15) is 5.10 Å². The lowest BCUT2D eigenvalue weighted by molar-refractivity contribution is 0.249. The maximum absolute atomic E-state index is 9.27. The lowest BCUT2D eigenvalue weighted by Gasteiger charge is -2.35. The summed E-state index contributed by atoms with van der Waals surface area (Å²) in [6, 6.07) is 7.88. The first-order chi connectivity index (χ1) is 14.2. The largest absolute Gasteiger partial charge is 0.392 e. The van der Waals surface area contributed by atoms with Gasteiger partial charge in [-0.25, -0.2) is 4.98 Å². The minimum absolute atomic E-state index is 0.0478. The second-order valence-corrected chi connectivity index (χ2v) is 7.44. The summed E-state index contributed by atoms with van der Waals surface area (Å²) < 4.78 is 2.01. The summed E-state index contributed by atoms with van der Waals surface area (Å²) in [7, 11) is 0. The van der Waals surface area contributed by atoms with Crippen LogP contribution in [0.25, 0.3) is 11.3 Å². The van der Waals surface area contributed by atoms with Crippen molar-refractivity contribution in [2.45, 2.75) is 33.5 Å². The Morgan fingerprint density at radius 2 is 1.72 bits per heavy atom. The fraction of sp³-hybridized carbons (Fsp3) is 0.409. The Bertz CT molecular complexity index is 944. The third-order valence-corrected chi connectivity index (χ3v) is 5.53. The summed E-state index contributed by atoms with van der Waals surface area (Å²) in [6.45, 7) is 9.90.